The molecule has 3 rings (SSSR count). The van der Waals surface area contributed by atoms with Gasteiger partial charge in [-0.25, -0.2) is 0 Å². The zero-order valence-electron chi connectivity index (χ0n) is 11.6. The maximum atomic E-state index is 12.9. The molecule has 0 amide bonds. The van der Waals surface area contributed by atoms with Crippen molar-refractivity contribution in [3.63, 3.8) is 0 Å². The number of ketones is 1. The highest BCUT2D eigenvalue weighted by Crippen LogP contribution is 2.52. The van der Waals surface area contributed by atoms with E-state index in [0.717, 1.165) is 17.5 Å². The largest absolute Gasteiger partial charge is 0.377 e. The predicted molar refractivity (Wildman–Crippen MR) is 78.9 cm³/mol. The summed E-state index contributed by atoms with van der Waals surface area (Å²) < 4.78 is 5.74. The molecule has 1 saturated carbocycles. The first-order valence-electron chi connectivity index (χ1n) is 7.06. The molecule has 1 fully saturated rings. The maximum Gasteiger partial charge on any atom is 0.176 e. The fourth-order valence-corrected chi connectivity index (χ4v) is 2.89. The van der Waals surface area contributed by atoms with E-state index < -0.39 is 5.41 Å². The summed E-state index contributed by atoms with van der Waals surface area (Å²) in [6, 6.07) is 19.5. The first-order chi connectivity index (χ1) is 9.79. The Bertz CT molecular complexity index is 591. The molecule has 2 heteroatoms. The number of benzene rings is 2. The van der Waals surface area contributed by atoms with Crippen LogP contribution >= 0.6 is 0 Å². The van der Waals surface area contributed by atoms with E-state index in [4.69, 9.17) is 4.74 Å². The average Bonchev–Trinajstić information content (AvgIpc) is 3.24. The Hall–Kier alpha value is -1.93. The molecule has 0 aliphatic heterocycles. The van der Waals surface area contributed by atoms with Gasteiger partial charge in [0.25, 0.3) is 0 Å². The zero-order chi connectivity index (χ0) is 14.0. The molecule has 2 unspecified atom stereocenters. The van der Waals surface area contributed by atoms with Crippen LogP contribution in [0, 0.1) is 0 Å². The number of carbonyl (C=O) groups is 1. The predicted octanol–water partition coefficient (Wildman–Crippen LogP) is 3.62. The van der Waals surface area contributed by atoms with Crippen LogP contribution in [0.5, 0.6) is 0 Å². The Morgan fingerprint density at radius 3 is 2.30 bits per heavy atom. The molecule has 2 aromatic carbocycles. The molecular formula is C18H18O2. The van der Waals surface area contributed by atoms with E-state index in [9.17, 15) is 4.79 Å². The average molecular weight is 266 g/mol. The third-order valence-electron chi connectivity index (χ3n) is 3.99. The smallest absolute Gasteiger partial charge is 0.176 e. The molecule has 102 valence electrons. The standard InChI is InChI=1S/C18H18O2/c1-2-20-16-13-18(16,15-11-7-4-8-12-15)17(19)14-9-5-3-6-10-14/h3-12,16H,2,13H2,1H3. The molecule has 2 aromatic rings. The van der Waals surface area contributed by atoms with Crippen LogP contribution in [-0.2, 0) is 10.2 Å². The number of hydrogen-bond acceptors (Lipinski definition) is 2. The second kappa shape index (κ2) is 5.22. The van der Waals surface area contributed by atoms with Crippen LogP contribution in [0.4, 0.5) is 0 Å². The minimum atomic E-state index is -0.487. The van der Waals surface area contributed by atoms with Crippen LogP contribution in [0.25, 0.3) is 0 Å². The Morgan fingerprint density at radius 2 is 1.70 bits per heavy atom. The van der Waals surface area contributed by atoms with E-state index in [1.807, 2.05) is 67.6 Å². The summed E-state index contributed by atoms with van der Waals surface area (Å²) in [6.07, 6.45) is 0.779. The summed E-state index contributed by atoms with van der Waals surface area (Å²) in [4.78, 5) is 12.9. The van der Waals surface area contributed by atoms with Gasteiger partial charge in [0.2, 0.25) is 0 Å². The molecule has 1 aliphatic rings. The van der Waals surface area contributed by atoms with Crippen molar-refractivity contribution in [1.82, 2.24) is 0 Å². The van der Waals surface area contributed by atoms with E-state index in [1.54, 1.807) is 0 Å². The molecule has 0 heterocycles. The summed E-state index contributed by atoms with van der Waals surface area (Å²) in [5.41, 5.74) is 1.34. The monoisotopic (exact) mass is 266 g/mol. The Kier molecular flexibility index (Phi) is 3.41. The van der Waals surface area contributed by atoms with Gasteiger partial charge in [0.15, 0.2) is 5.78 Å². The molecule has 0 spiro atoms. The normalized spacial score (nSPS) is 24.4. The van der Waals surface area contributed by atoms with Crippen molar-refractivity contribution < 1.29 is 9.53 Å². The van der Waals surface area contributed by atoms with Gasteiger partial charge in [-0.15, -0.1) is 0 Å². The summed E-state index contributed by atoms with van der Waals surface area (Å²) in [5, 5.41) is 0. The maximum absolute atomic E-state index is 12.9. The SMILES string of the molecule is CCOC1CC1(C(=O)c1ccccc1)c1ccccc1. The van der Waals surface area contributed by atoms with E-state index in [-0.39, 0.29) is 11.9 Å². The van der Waals surface area contributed by atoms with Crippen molar-refractivity contribution in [2.75, 3.05) is 6.61 Å². The van der Waals surface area contributed by atoms with E-state index in [2.05, 4.69) is 0 Å². The van der Waals surface area contributed by atoms with Crippen LogP contribution in [0.1, 0.15) is 29.3 Å². The van der Waals surface area contributed by atoms with Crippen molar-refractivity contribution >= 4 is 5.78 Å². The third kappa shape index (κ3) is 2.06. The fourth-order valence-electron chi connectivity index (χ4n) is 2.89. The fraction of sp³-hybridized carbons (Fsp3) is 0.278. The molecule has 2 nitrogen and oxygen atoms in total. The molecule has 0 radical (unpaired) electrons. The van der Waals surface area contributed by atoms with Gasteiger partial charge >= 0.3 is 0 Å². The van der Waals surface area contributed by atoms with Gasteiger partial charge in [0.1, 0.15) is 0 Å². The van der Waals surface area contributed by atoms with Crippen molar-refractivity contribution in [1.29, 1.82) is 0 Å². The van der Waals surface area contributed by atoms with Crippen LogP contribution in [0.2, 0.25) is 0 Å². The van der Waals surface area contributed by atoms with E-state index in [0.29, 0.717) is 6.61 Å². The van der Waals surface area contributed by atoms with Crippen LogP contribution in [-0.4, -0.2) is 18.5 Å². The number of Topliss-reactive ketones (excluding diaryl/α,β-unsaturated/α-hetero) is 1. The molecular weight excluding hydrogens is 248 g/mol. The summed E-state index contributed by atoms with van der Waals surface area (Å²) in [6.45, 7) is 2.61. The zero-order valence-corrected chi connectivity index (χ0v) is 11.6. The first kappa shape index (κ1) is 13.1. The molecule has 0 bridgehead atoms. The van der Waals surface area contributed by atoms with Crippen molar-refractivity contribution in [3.8, 4) is 0 Å². The van der Waals surface area contributed by atoms with Gasteiger partial charge in [0.05, 0.1) is 11.5 Å². The minimum absolute atomic E-state index is 0.00241. The minimum Gasteiger partial charge on any atom is -0.377 e. The van der Waals surface area contributed by atoms with Gasteiger partial charge in [-0.1, -0.05) is 60.7 Å². The lowest BCUT2D eigenvalue weighted by molar-refractivity contribution is 0.0823. The molecule has 2 atom stereocenters. The van der Waals surface area contributed by atoms with Gasteiger partial charge in [-0.3, -0.25) is 4.79 Å². The van der Waals surface area contributed by atoms with Gasteiger partial charge in [0, 0.05) is 12.2 Å². The molecule has 20 heavy (non-hydrogen) atoms. The van der Waals surface area contributed by atoms with Gasteiger partial charge < -0.3 is 4.74 Å². The van der Waals surface area contributed by atoms with Gasteiger partial charge in [-0.2, -0.15) is 0 Å². The molecule has 1 aliphatic carbocycles. The summed E-state index contributed by atoms with van der Waals surface area (Å²) >= 11 is 0. The number of rotatable bonds is 5. The van der Waals surface area contributed by atoms with Crippen LogP contribution < -0.4 is 0 Å². The second-order valence-electron chi connectivity index (χ2n) is 5.18. The van der Waals surface area contributed by atoms with E-state index >= 15 is 0 Å². The lowest BCUT2D eigenvalue weighted by atomic mass is 9.87. The van der Waals surface area contributed by atoms with Gasteiger partial charge in [-0.05, 0) is 18.9 Å². The second-order valence-corrected chi connectivity index (χ2v) is 5.18. The van der Waals surface area contributed by atoms with Crippen molar-refractivity contribution in [3.05, 3.63) is 71.8 Å². The quantitative estimate of drug-likeness (QED) is 0.773. The lowest BCUT2D eigenvalue weighted by Crippen LogP contribution is -2.26. The molecule has 0 N–H and O–H groups in total. The number of ether oxygens (including phenoxy) is 1. The topological polar surface area (TPSA) is 26.3 Å². The first-order valence-corrected chi connectivity index (χ1v) is 7.06. The van der Waals surface area contributed by atoms with Crippen molar-refractivity contribution in [2.24, 2.45) is 0 Å². The highest BCUT2D eigenvalue weighted by atomic mass is 16.5. The summed E-state index contributed by atoms with van der Waals surface area (Å²) in [5.74, 6) is 0.169. The Balaban J connectivity index is 1.99. The Labute approximate surface area is 119 Å². The third-order valence-corrected chi connectivity index (χ3v) is 3.99. The highest BCUT2D eigenvalue weighted by molar-refractivity contribution is 6.07. The molecule has 0 aromatic heterocycles. The van der Waals surface area contributed by atoms with Crippen LogP contribution in [0.3, 0.4) is 0 Å². The lowest BCUT2D eigenvalue weighted by Gasteiger charge is -2.17. The highest BCUT2D eigenvalue weighted by Gasteiger charge is 2.61. The van der Waals surface area contributed by atoms with E-state index in [1.165, 1.54) is 0 Å². The number of hydrogen-bond donors (Lipinski definition) is 0. The van der Waals surface area contributed by atoms with Crippen molar-refractivity contribution in [2.45, 2.75) is 24.9 Å². The molecule has 0 saturated heterocycles. The summed E-state index contributed by atoms with van der Waals surface area (Å²) in [7, 11) is 0. The number of carbonyl (C=O) groups excluding carboxylic acids is 1. The Morgan fingerprint density at radius 1 is 1.10 bits per heavy atom. The van der Waals surface area contributed by atoms with Crippen LogP contribution in [0.15, 0.2) is 60.7 Å².